The summed E-state index contributed by atoms with van der Waals surface area (Å²) in [6.07, 6.45) is 5.02. The number of anilines is 1. The molecule has 1 amide bonds. The van der Waals surface area contributed by atoms with Crippen LogP contribution in [0.5, 0.6) is 0 Å². The van der Waals surface area contributed by atoms with Crippen molar-refractivity contribution in [2.75, 3.05) is 25.0 Å². The first-order chi connectivity index (χ1) is 10.2. The van der Waals surface area contributed by atoms with Crippen LogP contribution in [-0.2, 0) is 9.53 Å². The van der Waals surface area contributed by atoms with Crippen LogP contribution in [0.3, 0.4) is 0 Å². The van der Waals surface area contributed by atoms with Gasteiger partial charge in [-0.25, -0.2) is 0 Å². The Labute approximate surface area is 130 Å². The van der Waals surface area contributed by atoms with Crippen molar-refractivity contribution >= 4 is 23.2 Å². The average molecular weight is 309 g/mol. The maximum Gasteiger partial charge on any atom is 0.238 e. The fraction of sp³-hybridized carbons (Fsp3) is 0.562. The van der Waals surface area contributed by atoms with Crippen molar-refractivity contribution in [2.45, 2.75) is 37.8 Å². The highest BCUT2D eigenvalue weighted by molar-refractivity contribution is 6.33. The molecule has 5 heteroatoms. The summed E-state index contributed by atoms with van der Waals surface area (Å²) < 4.78 is 5.84. The molecular weight excluding hydrogens is 288 g/mol. The Bertz CT molecular complexity index is 507. The highest BCUT2D eigenvalue weighted by atomic mass is 35.5. The number of hydrogen-bond acceptors (Lipinski definition) is 3. The lowest BCUT2D eigenvalue weighted by Gasteiger charge is -2.43. The quantitative estimate of drug-likeness (QED) is 0.933. The third kappa shape index (κ3) is 3.57. The summed E-state index contributed by atoms with van der Waals surface area (Å²) in [5.41, 5.74) is 0.678. The number of nitrogens with zero attached hydrogens (tertiary/aromatic N) is 1. The Hall–Kier alpha value is -1.10. The number of morpholine rings is 1. The first-order valence-electron chi connectivity index (χ1n) is 7.64. The Kier molecular flexibility index (Phi) is 4.78. The van der Waals surface area contributed by atoms with Gasteiger partial charge in [0, 0.05) is 12.6 Å². The number of benzene rings is 1. The standard InChI is InChI=1S/C16H21ClN2O2/c17-12-5-1-2-6-13(12)18-16(20)11-19-9-10-21-15-8-4-3-7-14(15)19/h1-2,5-6,14-15H,3-4,7-11H2,(H,18,20)/t14-,15+/m0/s1. The summed E-state index contributed by atoms with van der Waals surface area (Å²) in [6, 6.07) is 7.72. The molecule has 1 saturated carbocycles. The molecule has 2 atom stereocenters. The monoisotopic (exact) mass is 308 g/mol. The minimum Gasteiger partial charge on any atom is -0.375 e. The second-order valence-corrected chi connectivity index (χ2v) is 6.17. The SMILES string of the molecule is O=C(CN1CCO[C@@H]2CCCC[C@@H]21)Nc1ccccc1Cl. The summed E-state index contributed by atoms with van der Waals surface area (Å²) in [6.45, 7) is 1.97. The summed E-state index contributed by atoms with van der Waals surface area (Å²) in [5.74, 6) is -0.00526. The van der Waals surface area contributed by atoms with E-state index in [0.29, 0.717) is 29.4 Å². The first-order valence-corrected chi connectivity index (χ1v) is 8.02. The van der Waals surface area contributed by atoms with Crippen molar-refractivity contribution in [1.82, 2.24) is 4.90 Å². The van der Waals surface area contributed by atoms with Gasteiger partial charge in [-0.2, -0.15) is 0 Å². The van der Waals surface area contributed by atoms with Crippen molar-refractivity contribution in [2.24, 2.45) is 0 Å². The minimum absolute atomic E-state index is 0.00526. The molecule has 1 saturated heterocycles. The fourth-order valence-electron chi connectivity index (χ4n) is 3.31. The van der Waals surface area contributed by atoms with E-state index in [-0.39, 0.29) is 5.91 Å². The van der Waals surface area contributed by atoms with Gasteiger partial charge in [-0.15, -0.1) is 0 Å². The zero-order chi connectivity index (χ0) is 14.7. The molecule has 3 rings (SSSR count). The Morgan fingerprint density at radius 3 is 3.00 bits per heavy atom. The predicted octanol–water partition coefficient (Wildman–Crippen LogP) is 2.92. The van der Waals surface area contributed by atoms with Crippen LogP contribution in [0, 0.1) is 0 Å². The van der Waals surface area contributed by atoms with Crippen LogP contribution in [-0.4, -0.2) is 42.6 Å². The third-order valence-electron chi connectivity index (χ3n) is 4.34. The zero-order valence-corrected chi connectivity index (χ0v) is 12.8. The van der Waals surface area contributed by atoms with Crippen LogP contribution >= 0.6 is 11.6 Å². The normalized spacial score (nSPS) is 26.1. The predicted molar refractivity (Wildman–Crippen MR) is 83.7 cm³/mol. The van der Waals surface area contributed by atoms with Crippen LogP contribution in [0.15, 0.2) is 24.3 Å². The lowest BCUT2D eigenvalue weighted by atomic mass is 9.90. The van der Waals surface area contributed by atoms with E-state index in [0.717, 1.165) is 26.0 Å². The van der Waals surface area contributed by atoms with E-state index >= 15 is 0 Å². The van der Waals surface area contributed by atoms with E-state index in [2.05, 4.69) is 10.2 Å². The number of para-hydroxylation sites is 1. The molecule has 1 aromatic carbocycles. The van der Waals surface area contributed by atoms with E-state index in [1.165, 1.54) is 12.8 Å². The van der Waals surface area contributed by atoms with Gasteiger partial charge in [-0.05, 0) is 25.0 Å². The van der Waals surface area contributed by atoms with Gasteiger partial charge in [0.2, 0.25) is 5.91 Å². The molecule has 1 aliphatic carbocycles. The molecule has 1 aliphatic heterocycles. The van der Waals surface area contributed by atoms with Gasteiger partial charge in [0.15, 0.2) is 0 Å². The summed E-state index contributed by atoms with van der Waals surface area (Å²) in [7, 11) is 0. The number of halogens is 1. The van der Waals surface area contributed by atoms with Crippen molar-refractivity contribution < 1.29 is 9.53 Å². The molecule has 0 unspecified atom stereocenters. The largest absolute Gasteiger partial charge is 0.375 e. The number of carbonyl (C=O) groups excluding carboxylic acids is 1. The van der Waals surface area contributed by atoms with Crippen LogP contribution in [0.4, 0.5) is 5.69 Å². The summed E-state index contributed by atoms with van der Waals surface area (Å²) in [4.78, 5) is 14.5. The van der Waals surface area contributed by atoms with Gasteiger partial charge >= 0.3 is 0 Å². The smallest absolute Gasteiger partial charge is 0.238 e. The van der Waals surface area contributed by atoms with Gasteiger partial charge in [-0.1, -0.05) is 36.6 Å². The van der Waals surface area contributed by atoms with E-state index < -0.39 is 0 Å². The van der Waals surface area contributed by atoms with Crippen LogP contribution in [0.2, 0.25) is 5.02 Å². The van der Waals surface area contributed by atoms with E-state index in [9.17, 15) is 4.79 Å². The van der Waals surface area contributed by atoms with Gasteiger partial charge in [-0.3, -0.25) is 9.69 Å². The number of carbonyl (C=O) groups is 1. The maximum absolute atomic E-state index is 12.3. The zero-order valence-electron chi connectivity index (χ0n) is 12.1. The van der Waals surface area contributed by atoms with Crippen molar-refractivity contribution in [3.05, 3.63) is 29.3 Å². The topological polar surface area (TPSA) is 41.6 Å². The van der Waals surface area contributed by atoms with Crippen molar-refractivity contribution in [1.29, 1.82) is 0 Å². The average Bonchev–Trinajstić information content (AvgIpc) is 2.50. The maximum atomic E-state index is 12.3. The minimum atomic E-state index is -0.00526. The molecular formula is C16H21ClN2O2. The molecule has 1 N–H and O–H groups in total. The molecule has 21 heavy (non-hydrogen) atoms. The van der Waals surface area contributed by atoms with Gasteiger partial charge in [0.25, 0.3) is 0 Å². The van der Waals surface area contributed by atoms with Crippen LogP contribution in [0.25, 0.3) is 0 Å². The summed E-state index contributed by atoms with van der Waals surface area (Å²) >= 11 is 6.07. The van der Waals surface area contributed by atoms with Crippen LogP contribution in [0.1, 0.15) is 25.7 Å². The molecule has 0 radical (unpaired) electrons. The fourth-order valence-corrected chi connectivity index (χ4v) is 3.49. The molecule has 1 aromatic rings. The molecule has 1 heterocycles. The molecule has 2 fully saturated rings. The third-order valence-corrected chi connectivity index (χ3v) is 4.67. The van der Waals surface area contributed by atoms with Gasteiger partial charge in [0.1, 0.15) is 0 Å². The lowest BCUT2D eigenvalue weighted by molar-refractivity contribution is -0.124. The Morgan fingerprint density at radius 2 is 2.14 bits per heavy atom. The van der Waals surface area contributed by atoms with Gasteiger partial charge in [0.05, 0.1) is 30.0 Å². The number of ether oxygens (including phenoxy) is 1. The van der Waals surface area contributed by atoms with E-state index in [1.807, 2.05) is 18.2 Å². The molecule has 0 spiro atoms. The molecule has 2 aliphatic rings. The number of nitrogens with one attached hydrogen (secondary N) is 1. The van der Waals surface area contributed by atoms with Crippen molar-refractivity contribution in [3.63, 3.8) is 0 Å². The Morgan fingerprint density at radius 1 is 1.33 bits per heavy atom. The summed E-state index contributed by atoms with van der Waals surface area (Å²) in [5, 5.41) is 3.47. The molecule has 0 bridgehead atoms. The number of amides is 1. The number of rotatable bonds is 3. The highest BCUT2D eigenvalue weighted by Gasteiger charge is 2.34. The van der Waals surface area contributed by atoms with Crippen LogP contribution < -0.4 is 5.32 Å². The molecule has 114 valence electrons. The lowest BCUT2D eigenvalue weighted by Crippen LogP contribution is -2.54. The molecule has 4 nitrogen and oxygen atoms in total. The van der Waals surface area contributed by atoms with Gasteiger partial charge < -0.3 is 10.1 Å². The Balaban J connectivity index is 1.60. The number of fused-ring (bicyclic) bond motifs is 1. The van der Waals surface area contributed by atoms with E-state index in [1.54, 1.807) is 6.07 Å². The second-order valence-electron chi connectivity index (χ2n) is 5.76. The first kappa shape index (κ1) is 14.8. The van der Waals surface area contributed by atoms with E-state index in [4.69, 9.17) is 16.3 Å². The van der Waals surface area contributed by atoms with Crippen molar-refractivity contribution in [3.8, 4) is 0 Å². The second kappa shape index (κ2) is 6.77. The number of hydrogen-bond donors (Lipinski definition) is 1. The molecule has 0 aromatic heterocycles. The highest BCUT2D eigenvalue weighted by Crippen LogP contribution is 2.28.